The first-order valence-corrected chi connectivity index (χ1v) is 4.64. The molecular formula is C11H13FO2. The van der Waals surface area contributed by atoms with E-state index >= 15 is 0 Å². The van der Waals surface area contributed by atoms with Gasteiger partial charge in [0.2, 0.25) is 0 Å². The van der Waals surface area contributed by atoms with Gasteiger partial charge >= 0.3 is 0 Å². The zero-order valence-corrected chi connectivity index (χ0v) is 8.34. The van der Waals surface area contributed by atoms with Crippen LogP contribution in [0.15, 0.2) is 18.2 Å². The molecule has 0 N–H and O–H groups in total. The molecule has 1 heterocycles. The summed E-state index contributed by atoms with van der Waals surface area (Å²) < 4.78 is 23.6. The summed E-state index contributed by atoms with van der Waals surface area (Å²) in [5.41, 5.74) is 0.578. The number of hydrogen-bond donors (Lipinski definition) is 0. The molecule has 1 aliphatic heterocycles. The van der Waals surface area contributed by atoms with Crippen LogP contribution in [0, 0.1) is 5.82 Å². The van der Waals surface area contributed by atoms with Crippen molar-refractivity contribution in [3.05, 3.63) is 29.6 Å². The van der Waals surface area contributed by atoms with Crippen LogP contribution < -0.4 is 4.74 Å². The SMILES string of the molecule is COc1ccc(C2(C)CCO2)cc1F. The van der Waals surface area contributed by atoms with Gasteiger partial charge in [0, 0.05) is 6.42 Å². The summed E-state index contributed by atoms with van der Waals surface area (Å²) in [6.45, 7) is 2.72. The number of hydrogen-bond acceptors (Lipinski definition) is 2. The Morgan fingerprint density at radius 2 is 2.21 bits per heavy atom. The number of ether oxygens (including phenoxy) is 2. The maximum absolute atomic E-state index is 13.4. The van der Waals surface area contributed by atoms with E-state index in [0.717, 1.165) is 18.6 Å². The van der Waals surface area contributed by atoms with Crippen molar-refractivity contribution in [2.24, 2.45) is 0 Å². The molecule has 1 aliphatic rings. The number of halogens is 1. The molecule has 2 nitrogen and oxygen atoms in total. The second kappa shape index (κ2) is 3.24. The molecule has 1 fully saturated rings. The summed E-state index contributed by atoms with van der Waals surface area (Å²) in [5.74, 6) is -0.0570. The fraction of sp³-hybridized carbons (Fsp3) is 0.455. The molecule has 1 aromatic rings. The van der Waals surface area contributed by atoms with Gasteiger partial charge < -0.3 is 9.47 Å². The summed E-state index contributed by atoms with van der Waals surface area (Å²) in [6, 6.07) is 4.97. The number of rotatable bonds is 2. The monoisotopic (exact) mass is 196 g/mol. The average Bonchev–Trinajstić information content (AvgIpc) is 2.14. The molecule has 0 amide bonds. The van der Waals surface area contributed by atoms with Crippen molar-refractivity contribution in [2.45, 2.75) is 18.9 Å². The van der Waals surface area contributed by atoms with Gasteiger partial charge in [0.1, 0.15) is 0 Å². The predicted molar refractivity (Wildman–Crippen MR) is 50.9 cm³/mol. The Morgan fingerprint density at radius 3 is 2.64 bits per heavy atom. The fourth-order valence-electron chi connectivity index (χ4n) is 1.63. The van der Waals surface area contributed by atoms with Crippen LogP contribution in [0.2, 0.25) is 0 Å². The average molecular weight is 196 g/mol. The van der Waals surface area contributed by atoms with Gasteiger partial charge in [0.25, 0.3) is 0 Å². The zero-order chi connectivity index (χ0) is 10.2. The largest absolute Gasteiger partial charge is 0.494 e. The lowest BCUT2D eigenvalue weighted by Crippen LogP contribution is -2.37. The van der Waals surface area contributed by atoms with Crippen molar-refractivity contribution in [1.29, 1.82) is 0 Å². The van der Waals surface area contributed by atoms with E-state index in [4.69, 9.17) is 9.47 Å². The van der Waals surface area contributed by atoms with Gasteiger partial charge in [-0.1, -0.05) is 6.07 Å². The minimum Gasteiger partial charge on any atom is -0.494 e. The highest BCUT2D eigenvalue weighted by Gasteiger charge is 2.35. The zero-order valence-electron chi connectivity index (χ0n) is 8.34. The third-order valence-electron chi connectivity index (χ3n) is 2.76. The van der Waals surface area contributed by atoms with Crippen molar-refractivity contribution >= 4 is 0 Å². The van der Waals surface area contributed by atoms with E-state index in [-0.39, 0.29) is 17.2 Å². The molecule has 1 aromatic carbocycles. The molecule has 0 bridgehead atoms. The maximum atomic E-state index is 13.4. The van der Waals surface area contributed by atoms with Gasteiger partial charge in [-0.05, 0) is 24.6 Å². The molecule has 14 heavy (non-hydrogen) atoms. The normalized spacial score (nSPS) is 25.6. The van der Waals surface area contributed by atoms with E-state index < -0.39 is 0 Å². The van der Waals surface area contributed by atoms with Gasteiger partial charge in [0.15, 0.2) is 11.6 Å². The van der Waals surface area contributed by atoms with Crippen LogP contribution in [-0.4, -0.2) is 13.7 Å². The summed E-state index contributed by atoms with van der Waals surface area (Å²) in [7, 11) is 1.46. The van der Waals surface area contributed by atoms with Crippen LogP contribution in [0.25, 0.3) is 0 Å². The van der Waals surface area contributed by atoms with E-state index in [0.29, 0.717) is 0 Å². The Morgan fingerprint density at radius 1 is 1.50 bits per heavy atom. The minimum atomic E-state index is -0.332. The molecule has 2 rings (SSSR count). The second-order valence-electron chi connectivity index (χ2n) is 3.68. The lowest BCUT2D eigenvalue weighted by Gasteiger charge is -2.39. The van der Waals surface area contributed by atoms with Crippen LogP contribution in [0.5, 0.6) is 5.75 Å². The molecule has 1 unspecified atom stereocenters. The summed E-state index contributed by atoms with van der Waals surface area (Å²) in [5, 5.41) is 0. The van der Waals surface area contributed by atoms with E-state index in [9.17, 15) is 4.39 Å². The molecule has 0 aliphatic carbocycles. The molecular weight excluding hydrogens is 183 g/mol. The first-order chi connectivity index (χ1) is 6.65. The molecule has 1 saturated heterocycles. The van der Waals surface area contributed by atoms with Crippen LogP contribution >= 0.6 is 0 Å². The third-order valence-corrected chi connectivity index (χ3v) is 2.76. The standard InChI is InChI=1S/C11H13FO2/c1-11(5-6-14-11)8-3-4-10(13-2)9(12)7-8/h3-4,7H,5-6H2,1-2H3. The van der Waals surface area contributed by atoms with Crippen molar-refractivity contribution in [3.63, 3.8) is 0 Å². The summed E-state index contributed by atoms with van der Waals surface area (Å²) in [4.78, 5) is 0. The number of benzene rings is 1. The topological polar surface area (TPSA) is 18.5 Å². The van der Waals surface area contributed by atoms with Gasteiger partial charge in [-0.2, -0.15) is 0 Å². The van der Waals surface area contributed by atoms with Gasteiger partial charge in [-0.15, -0.1) is 0 Å². The van der Waals surface area contributed by atoms with E-state index in [2.05, 4.69) is 0 Å². The fourth-order valence-corrected chi connectivity index (χ4v) is 1.63. The lowest BCUT2D eigenvalue weighted by atomic mass is 9.88. The minimum absolute atomic E-state index is 0.275. The Hall–Kier alpha value is -1.09. The molecule has 0 saturated carbocycles. The molecule has 3 heteroatoms. The third kappa shape index (κ3) is 1.38. The second-order valence-corrected chi connectivity index (χ2v) is 3.68. The van der Waals surface area contributed by atoms with Crippen molar-refractivity contribution in [3.8, 4) is 5.75 Å². The Kier molecular flexibility index (Phi) is 2.19. The smallest absolute Gasteiger partial charge is 0.165 e. The Bertz CT molecular complexity index is 345. The van der Waals surface area contributed by atoms with Crippen LogP contribution in [-0.2, 0) is 10.3 Å². The van der Waals surface area contributed by atoms with Gasteiger partial charge in [-0.25, -0.2) is 4.39 Å². The molecule has 0 aromatic heterocycles. The lowest BCUT2D eigenvalue weighted by molar-refractivity contribution is -0.140. The van der Waals surface area contributed by atoms with Gasteiger partial charge in [0.05, 0.1) is 19.3 Å². The van der Waals surface area contributed by atoms with Gasteiger partial charge in [-0.3, -0.25) is 0 Å². The highest BCUT2D eigenvalue weighted by Crippen LogP contribution is 2.37. The summed E-state index contributed by atoms with van der Waals surface area (Å²) in [6.07, 6.45) is 0.943. The van der Waals surface area contributed by atoms with Crippen LogP contribution in [0.4, 0.5) is 4.39 Å². The number of methoxy groups -OCH3 is 1. The molecule has 0 radical (unpaired) electrons. The quantitative estimate of drug-likeness (QED) is 0.723. The van der Waals surface area contributed by atoms with Crippen LogP contribution in [0.3, 0.4) is 0 Å². The van der Waals surface area contributed by atoms with E-state index in [1.165, 1.54) is 13.2 Å². The molecule has 1 atom stereocenters. The van der Waals surface area contributed by atoms with E-state index in [1.807, 2.05) is 13.0 Å². The van der Waals surface area contributed by atoms with Crippen molar-refractivity contribution in [2.75, 3.05) is 13.7 Å². The first kappa shape index (κ1) is 9.46. The predicted octanol–water partition coefficient (Wildman–Crippen LogP) is 2.47. The highest BCUT2D eigenvalue weighted by atomic mass is 19.1. The Labute approximate surface area is 82.6 Å². The van der Waals surface area contributed by atoms with Crippen LogP contribution in [0.1, 0.15) is 18.9 Å². The molecule has 0 spiro atoms. The van der Waals surface area contributed by atoms with E-state index in [1.54, 1.807) is 6.07 Å². The maximum Gasteiger partial charge on any atom is 0.165 e. The summed E-state index contributed by atoms with van der Waals surface area (Å²) >= 11 is 0. The first-order valence-electron chi connectivity index (χ1n) is 4.64. The van der Waals surface area contributed by atoms with Crippen molar-refractivity contribution < 1.29 is 13.9 Å². The molecule has 76 valence electrons. The Balaban J connectivity index is 2.32. The highest BCUT2D eigenvalue weighted by molar-refractivity contribution is 5.33. The van der Waals surface area contributed by atoms with Crippen molar-refractivity contribution in [1.82, 2.24) is 0 Å².